The van der Waals surface area contributed by atoms with Gasteiger partial charge in [-0.25, -0.2) is 4.79 Å². The van der Waals surface area contributed by atoms with Gasteiger partial charge >= 0.3 is 11.9 Å². The van der Waals surface area contributed by atoms with Crippen LogP contribution < -0.4 is 20.9 Å². The largest absolute Gasteiger partial charge is 0.496 e. The summed E-state index contributed by atoms with van der Waals surface area (Å²) < 4.78 is 19.1. The van der Waals surface area contributed by atoms with Gasteiger partial charge < -0.3 is 40.5 Å². The molecule has 0 amide bonds. The van der Waals surface area contributed by atoms with Crippen LogP contribution in [0.4, 0.5) is 0 Å². The number of carboxylic acids is 2. The Kier molecular flexibility index (Phi) is 12.6. The van der Waals surface area contributed by atoms with Gasteiger partial charge in [-0.2, -0.15) is 0 Å². The molecule has 0 fully saturated rings. The van der Waals surface area contributed by atoms with E-state index in [0.717, 1.165) is 51.7 Å². The molecular weight excluding hydrogens is 538 g/mol. The Balaban J connectivity index is 0.000000416. The molecule has 0 aliphatic rings. The van der Waals surface area contributed by atoms with E-state index < -0.39 is 24.1 Å². The fraction of sp³-hybridized carbons (Fsp3) is 0.375. The summed E-state index contributed by atoms with van der Waals surface area (Å²) in [5, 5.41) is 19.8. The van der Waals surface area contributed by atoms with Crippen LogP contribution in [0.3, 0.4) is 0 Å². The number of carbonyl (C=O) groups is 2. The lowest BCUT2D eigenvalue weighted by molar-refractivity contribution is -0.150. The topological polar surface area (TPSA) is 159 Å². The first-order chi connectivity index (χ1) is 20.3. The van der Waals surface area contributed by atoms with Crippen molar-refractivity contribution in [3.05, 3.63) is 72.3 Å². The predicted molar refractivity (Wildman–Crippen MR) is 163 cm³/mol. The molecule has 0 bridgehead atoms. The fourth-order valence-corrected chi connectivity index (χ4v) is 4.72. The van der Waals surface area contributed by atoms with Crippen molar-refractivity contribution in [3.8, 4) is 11.5 Å². The smallest absolute Gasteiger partial charge is 0.333 e. The van der Waals surface area contributed by atoms with Crippen molar-refractivity contribution in [3.63, 3.8) is 0 Å². The average Bonchev–Trinajstić information content (AvgIpc) is 3.32. The fourth-order valence-electron chi connectivity index (χ4n) is 4.72. The average molecular weight is 580 g/mol. The summed E-state index contributed by atoms with van der Waals surface area (Å²) in [5.41, 5.74) is 13.6. The van der Waals surface area contributed by atoms with Crippen molar-refractivity contribution >= 4 is 33.7 Å². The molecule has 226 valence electrons. The van der Waals surface area contributed by atoms with Gasteiger partial charge in [-0.1, -0.05) is 42.8 Å². The van der Waals surface area contributed by atoms with E-state index in [4.69, 9.17) is 30.8 Å². The number of ether oxygens (including phenoxy) is 3. The number of para-hydroxylation sites is 1. The number of rotatable bonds is 15. The van der Waals surface area contributed by atoms with Crippen LogP contribution in [-0.4, -0.2) is 65.7 Å². The molecule has 10 nitrogen and oxygen atoms in total. The number of nitrogens with zero attached hydrogens (tertiary/aromatic N) is 1. The summed E-state index contributed by atoms with van der Waals surface area (Å²) >= 11 is 0. The monoisotopic (exact) mass is 579 g/mol. The van der Waals surface area contributed by atoms with Crippen LogP contribution in [0.5, 0.6) is 11.5 Å². The van der Waals surface area contributed by atoms with E-state index in [2.05, 4.69) is 22.8 Å². The Morgan fingerprint density at radius 3 is 2.29 bits per heavy atom. The summed E-state index contributed by atoms with van der Waals surface area (Å²) in [6.07, 6.45) is 1.66. The third-order valence-electron chi connectivity index (χ3n) is 6.84. The number of hydrogen-bond donors (Lipinski definition) is 4. The van der Waals surface area contributed by atoms with Gasteiger partial charge in [0.1, 0.15) is 24.1 Å². The highest BCUT2D eigenvalue weighted by molar-refractivity contribution is 6.11. The highest BCUT2D eigenvalue weighted by atomic mass is 16.5. The summed E-state index contributed by atoms with van der Waals surface area (Å²) in [4.78, 5) is 21.4. The third-order valence-corrected chi connectivity index (χ3v) is 6.84. The van der Waals surface area contributed by atoms with E-state index in [0.29, 0.717) is 39.1 Å². The molecule has 0 aliphatic carbocycles. The molecular formula is C32H41N3O7. The maximum atomic E-state index is 11.3. The standard InChI is InChI=1S/C26H27NO5.C6H14N2O2/c1-3-31-24(26(28)29)17-18-11-13-19(14-12-18)32-16-15-27-21-8-5-4-7-20(21)25-22(27)9-6-10-23(25)30-2;7-4-2-1-3-5(8)6(9)10/h4-14,24H,3,15-17H2,1-2H3,(H,28,29);5H,1-4,7-8H2,(H,9,10)/t;5-/m.0/s1. The molecule has 0 aliphatic heterocycles. The zero-order valence-corrected chi connectivity index (χ0v) is 24.2. The van der Waals surface area contributed by atoms with Crippen molar-refractivity contribution < 1.29 is 34.0 Å². The quantitative estimate of drug-likeness (QED) is 0.149. The van der Waals surface area contributed by atoms with E-state index in [1.165, 1.54) is 0 Å². The first kappa shape index (κ1) is 32.4. The van der Waals surface area contributed by atoms with Crippen molar-refractivity contribution in [2.24, 2.45) is 11.5 Å². The first-order valence-electron chi connectivity index (χ1n) is 14.1. The highest BCUT2D eigenvalue weighted by Crippen LogP contribution is 2.35. The van der Waals surface area contributed by atoms with Gasteiger partial charge in [0.25, 0.3) is 0 Å². The molecule has 0 saturated carbocycles. The molecule has 0 radical (unpaired) electrons. The minimum absolute atomic E-state index is 0.326. The molecule has 4 rings (SSSR count). The lowest BCUT2D eigenvalue weighted by atomic mass is 10.1. The van der Waals surface area contributed by atoms with Gasteiger partial charge in [0.15, 0.2) is 6.10 Å². The van der Waals surface area contributed by atoms with Gasteiger partial charge in [0, 0.05) is 29.3 Å². The van der Waals surface area contributed by atoms with Gasteiger partial charge in [0.05, 0.1) is 19.2 Å². The Morgan fingerprint density at radius 1 is 0.929 bits per heavy atom. The number of fused-ring (bicyclic) bond motifs is 3. The second kappa shape index (κ2) is 16.4. The van der Waals surface area contributed by atoms with E-state index in [1.54, 1.807) is 14.0 Å². The van der Waals surface area contributed by atoms with Crippen LogP contribution >= 0.6 is 0 Å². The van der Waals surface area contributed by atoms with Crippen LogP contribution in [0.2, 0.25) is 0 Å². The third kappa shape index (κ3) is 8.69. The van der Waals surface area contributed by atoms with Crippen LogP contribution in [0.1, 0.15) is 31.7 Å². The van der Waals surface area contributed by atoms with Crippen LogP contribution in [-0.2, 0) is 27.3 Å². The van der Waals surface area contributed by atoms with Crippen LogP contribution in [0.25, 0.3) is 21.8 Å². The SMILES string of the molecule is CCOC(Cc1ccc(OCCn2c3ccccc3c3c(OC)cccc32)cc1)C(=O)O.NCCCC[C@H](N)C(=O)O. The molecule has 0 spiro atoms. The summed E-state index contributed by atoms with van der Waals surface area (Å²) in [6.45, 7) is 3.95. The molecule has 2 atom stereocenters. The minimum Gasteiger partial charge on any atom is -0.496 e. The zero-order valence-electron chi connectivity index (χ0n) is 24.2. The first-order valence-corrected chi connectivity index (χ1v) is 14.1. The zero-order chi connectivity index (χ0) is 30.5. The number of nitrogens with two attached hydrogens (primary N) is 2. The molecule has 6 N–H and O–H groups in total. The van der Waals surface area contributed by atoms with Gasteiger partial charge in [-0.05, 0) is 62.2 Å². The molecule has 1 unspecified atom stereocenters. The molecule has 1 heterocycles. The maximum absolute atomic E-state index is 11.3. The normalized spacial score (nSPS) is 12.4. The predicted octanol–water partition coefficient (Wildman–Crippen LogP) is 4.44. The lowest BCUT2D eigenvalue weighted by Crippen LogP contribution is -2.29. The van der Waals surface area contributed by atoms with Crippen molar-refractivity contribution in [1.82, 2.24) is 4.57 Å². The number of hydrogen-bond acceptors (Lipinski definition) is 7. The Morgan fingerprint density at radius 2 is 1.64 bits per heavy atom. The van der Waals surface area contributed by atoms with Crippen molar-refractivity contribution in [2.75, 3.05) is 26.9 Å². The highest BCUT2D eigenvalue weighted by Gasteiger charge is 2.18. The van der Waals surface area contributed by atoms with Gasteiger partial charge in [-0.3, -0.25) is 4.79 Å². The summed E-state index contributed by atoms with van der Waals surface area (Å²) in [5.74, 6) is -0.275. The second-order valence-corrected chi connectivity index (χ2v) is 9.73. The molecule has 0 saturated heterocycles. The second-order valence-electron chi connectivity index (χ2n) is 9.73. The van der Waals surface area contributed by atoms with E-state index in [1.807, 2.05) is 48.5 Å². The van der Waals surface area contributed by atoms with Crippen molar-refractivity contribution in [1.29, 1.82) is 0 Å². The molecule has 10 heteroatoms. The Hall–Kier alpha value is -4.12. The number of methoxy groups -OCH3 is 1. The number of benzene rings is 3. The molecule has 42 heavy (non-hydrogen) atoms. The molecule has 3 aromatic carbocycles. The van der Waals surface area contributed by atoms with E-state index >= 15 is 0 Å². The summed E-state index contributed by atoms with van der Waals surface area (Å²) in [7, 11) is 1.70. The Bertz CT molecular complexity index is 1440. The number of aliphatic carboxylic acids is 2. The van der Waals surface area contributed by atoms with Crippen LogP contribution in [0, 0.1) is 0 Å². The minimum atomic E-state index is -0.949. The number of carboxylic acid groups (broad SMARTS) is 2. The van der Waals surface area contributed by atoms with E-state index in [-0.39, 0.29) is 0 Å². The lowest BCUT2D eigenvalue weighted by Gasteiger charge is -2.13. The van der Waals surface area contributed by atoms with Gasteiger partial charge in [0.2, 0.25) is 0 Å². The number of unbranched alkanes of at least 4 members (excludes halogenated alkanes) is 1. The Labute approximate surface area is 245 Å². The van der Waals surface area contributed by atoms with Crippen molar-refractivity contribution in [2.45, 2.75) is 51.3 Å². The van der Waals surface area contributed by atoms with Crippen LogP contribution in [0.15, 0.2) is 66.7 Å². The number of aromatic nitrogens is 1. The molecule has 1 aromatic heterocycles. The summed E-state index contributed by atoms with van der Waals surface area (Å²) in [6, 6.07) is 21.2. The van der Waals surface area contributed by atoms with Gasteiger partial charge in [-0.15, -0.1) is 0 Å². The van der Waals surface area contributed by atoms with E-state index in [9.17, 15) is 14.7 Å². The maximum Gasteiger partial charge on any atom is 0.333 e. The molecule has 4 aromatic rings.